The van der Waals surface area contributed by atoms with E-state index in [9.17, 15) is 0 Å². The van der Waals surface area contributed by atoms with E-state index in [-0.39, 0.29) is 17.8 Å². The maximum absolute atomic E-state index is 8.77. The molecular formula is C14H17ClN4. The van der Waals surface area contributed by atoms with Crippen LogP contribution in [0.15, 0.2) is 30.3 Å². The summed E-state index contributed by atoms with van der Waals surface area (Å²) >= 11 is 0. The van der Waals surface area contributed by atoms with Crippen LogP contribution in [0.4, 0.5) is 5.82 Å². The minimum Gasteiger partial charge on any atom is -0.384 e. The minimum atomic E-state index is -0.0357. The van der Waals surface area contributed by atoms with E-state index in [1.807, 2.05) is 18.2 Å². The molecule has 2 aromatic rings. The van der Waals surface area contributed by atoms with Crippen molar-refractivity contribution in [1.29, 1.82) is 5.26 Å². The van der Waals surface area contributed by atoms with Crippen molar-refractivity contribution in [2.24, 2.45) is 0 Å². The van der Waals surface area contributed by atoms with Crippen LogP contribution in [0.25, 0.3) is 5.69 Å². The van der Waals surface area contributed by atoms with Crippen LogP contribution in [0.5, 0.6) is 0 Å². The number of anilines is 1. The first-order valence-corrected chi connectivity index (χ1v) is 5.78. The van der Waals surface area contributed by atoms with Crippen LogP contribution in [0.2, 0.25) is 0 Å². The van der Waals surface area contributed by atoms with Crippen molar-refractivity contribution in [3.63, 3.8) is 0 Å². The summed E-state index contributed by atoms with van der Waals surface area (Å²) in [5.41, 5.74) is 8.38. The molecule has 0 fully saturated rings. The Morgan fingerprint density at radius 1 is 1.21 bits per heavy atom. The summed E-state index contributed by atoms with van der Waals surface area (Å²) in [4.78, 5) is 0. The Morgan fingerprint density at radius 2 is 1.79 bits per heavy atom. The standard InChI is InChI=1S/C14H16N4.ClH/c1-14(2,3)12-8-13(16)18(17-12)11-6-4-10(9-15)5-7-11;/h4-8H,16H2,1-3H3;1H. The quantitative estimate of drug-likeness (QED) is 0.870. The van der Waals surface area contributed by atoms with Gasteiger partial charge in [-0.3, -0.25) is 0 Å². The molecule has 0 spiro atoms. The molecule has 2 rings (SSSR count). The number of nitrogens with zero attached hydrogens (tertiary/aromatic N) is 3. The van der Waals surface area contributed by atoms with Crippen molar-refractivity contribution >= 4 is 18.2 Å². The van der Waals surface area contributed by atoms with E-state index in [0.29, 0.717) is 11.4 Å². The third-order valence-electron chi connectivity index (χ3n) is 2.75. The highest BCUT2D eigenvalue weighted by atomic mass is 35.5. The molecular weight excluding hydrogens is 260 g/mol. The predicted octanol–water partition coefficient (Wildman–Crippen LogP) is 3.05. The Morgan fingerprint density at radius 3 is 2.21 bits per heavy atom. The first-order chi connectivity index (χ1) is 8.41. The Bertz CT molecular complexity index is 600. The summed E-state index contributed by atoms with van der Waals surface area (Å²) in [6.07, 6.45) is 0. The Hall–Kier alpha value is -1.99. The Labute approximate surface area is 119 Å². The van der Waals surface area contributed by atoms with E-state index >= 15 is 0 Å². The first kappa shape index (κ1) is 15.1. The van der Waals surface area contributed by atoms with E-state index in [0.717, 1.165) is 11.4 Å². The molecule has 2 N–H and O–H groups in total. The lowest BCUT2D eigenvalue weighted by Crippen LogP contribution is -2.12. The van der Waals surface area contributed by atoms with Gasteiger partial charge in [-0.05, 0) is 24.3 Å². The van der Waals surface area contributed by atoms with Gasteiger partial charge in [-0.2, -0.15) is 10.4 Å². The monoisotopic (exact) mass is 276 g/mol. The smallest absolute Gasteiger partial charge is 0.127 e. The highest BCUT2D eigenvalue weighted by molar-refractivity contribution is 5.85. The fourth-order valence-electron chi connectivity index (χ4n) is 1.65. The zero-order valence-corrected chi connectivity index (χ0v) is 12.0. The third kappa shape index (κ3) is 3.07. The molecule has 0 aliphatic heterocycles. The number of nitriles is 1. The van der Waals surface area contributed by atoms with Gasteiger partial charge in [0.2, 0.25) is 0 Å². The number of aromatic nitrogens is 2. The number of hydrogen-bond donors (Lipinski definition) is 1. The zero-order valence-electron chi connectivity index (χ0n) is 11.2. The van der Waals surface area contributed by atoms with Crippen molar-refractivity contribution in [2.45, 2.75) is 26.2 Å². The normalized spacial score (nSPS) is 10.6. The molecule has 19 heavy (non-hydrogen) atoms. The molecule has 0 unspecified atom stereocenters. The molecule has 5 heteroatoms. The van der Waals surface area contributed by atoms with Crippen molar-refractivity contribution in [3.05, 3.63) is 41.6 Å². The fraction of sp³-hybridized carbons (Fsp3) is 0.286. The Balaban J connectivity index is 0.00000180. The number of nitrogen functional groups attached to an aromatic ring is 1. The van der Waals surface area contributed by atoms with Gasteiger partial charge in [0.25, 0.3) is 0 Å². The van der Waals surface area contributed by atoms with Gasteiger partial charge in [-0.15, -0.1) is 12.4 Å². The maximum Gasteiger partial charge on any atom is 0.127 e. The lowest BCUT2D eigenvalue weighted by atomic mass is 9.92. The van der Waals surface area contributed by atoms with Gasteiger partial charge >= 0.3 is 0 Å². The summed E-state index contributed by atoms with van der Waals surface area (Å²) in [5, 5.41) is 13.3. The second-order valence-electron chi connectivity index (χ2n) is 5.27. The molecule has 4 nitrogen and oxygen atoms in total. The van der Waals surface area contributed by atoms with Crippen LogP contribution in [0, 0.1) is 11.3 Å². The van der Waals surface area contributed by atoms with Crippen molar-refractivity contribution in [3.8, 4) is 11.8 Å². The predicted molar refractivity (Wildman–Crippen MR) is 78.6 cm³/mol. The van der Waals surface area contributed by atoms with Crippen LogP contribution in [-0.4, -0.2) is 9.78 Å². The van der Waals surface area contributed by atoms with Crippen LogP contribution in [0.3, 0.4) is 0 Å². The van der Waals surface area contributed by atoms with Crippen LogP contribution in [-0.2, 0) is 5.41 Å². The van der Waals surface area contributed by atoms with Gasteiger partial charge < -0.3 is 5.73 Å². The molecule has 0 bridgehead atoms. The molecule has 1 aromatic carbocycles. The number of hydrogen-bond acceptors (Lipinski definition) is 3. The summed E-state index contributed by atoms with van der Waals surface area (Å²) in [7, 11) is 0. The van der Waals surface area contributed by atoms with Gasteiger partial charge in [0, 0.05) is 11.5 Å². The lowest BCUT2D eigenvalue weighted by Gasteiger charge is -2.14. The largest absolute Gasteiger partial charge is 0.384 e. The lowest BCUT2D eigenvalue weighted by molar-refractivity contribution is 0.560. The summed E-state index contributed by atoms with van der Waals surface area (Å²) < 4.78 is 1.70. The van der Waals surface area contributed by atoms with Gasteiger partial charge in [-0.25, -0.2) is 4.68 Å². The summed E-state index contributed by atoms with van der Waals surface area (Å²) in [6.45, 7) is 6.29. The van der Waals surface area contributed by atoms with Gasteiger partial charge in [-0.1, -0.05) is 20.8 Å². The second-order valence-corrected chi connectivity index (χ2v) is 5.27. The molecule has 0 aliphatic carbocycles. The van der Waals surface area contributed by atoms with E-state index in [1.165, 1.54) is 0 Å². The highest BCUT2D eigenvalue weighted by Crippen LogP contribution is 2.24. The summed E-state index contributed by atoms with van der Waals surface area (Å²) in [5.74, 6) is 0.602. The van der Waals surface area contributed by atoms with Gasteiger partial charge in [0.1, 0.15) is 5.82 Å². The van der Waals surface area contributed by atoms with Gasteiger partial charge in [0.15, 0.2) is 0 Å². The highest BCUT2D eigenvalue weighted by Gasteiger charge is 2.19. The van der Waals surface area contributed by atoms with Crippen LogP contribution in [0.1, 0.15) is 32.0 Å². The number of rotatable bonds is 1. The average molecular weight is 277 g/mol. The third-order valence-corrected chi connectivity index (χ3v) is 2.75. The Kier molecular flexibility index (Phi) is 4.23. The average Bonchev–Trinajstić information content (AvgIpc) is 2.71. The summed E-state index contributed by atoms with van der Waals surface area (Å²) in [6, 6.07) is 11.2. The van der Waals surface area contributed by atoms with Crippen molar-refractivity contribution in [1.82, 2.24) is 9.78 Å². The van der Waals surface area contributed by atoms with E-state index in [1.54, 1.807) is 16.8 Å². The number of benzene rings is 1. The first-order valence-electron chi connectivity index (χ1n) is 5.78. The number of halogens is 1. The molecule has 0 atom stereocenters. The van der Waals surface area contributed by atoms with Crippen molar-refractivity contribution in [2.75, 3.05) is 5.73 Å². The molecule has 0 aliphatic rings. The van der Waals surface area contributed by atoms with Crippen LogP contribution < -0.4 is 5.73 Å². The molecule has 1 heterocycles. The van der Waals surface area contributed by atoms with Gasteiger partial charge in [0.05, 0.1) is 23.0 Å². The molecule has 0 radical (unpaired) electrons. The zero-order chi connectivity index (χ0) is 13.3. The molecule has 0 saturated carbocycles. The SMILES string of the molecule is CC(C)(C)c1cc(N)n(-c2ccc(C#N)cc2)n1.Cl. The van der Waals surface area contributed by atoms with E-state index in [2.05, 4.69) is 31.9 Å². The topological polar surface area (TPSA) is 67.6 Å². The van der Waals surface area contributed by atoms with E-state index in [4.69, 9.17) is 11.0 Å². The molecule has 0 amide bonds. The molecule has 0 saturated heterocycles. The maximum atomic E-state index is 8.77. The van der Waals surface area contributed by atoms with Crippen molar-refractivity contribution < 1.29 is 0 Å². The molecule has 1 aromatic heterocycles. The minimum absolute atomic E-state index is 0. The number of nitrogens with two attached hydrogens (primary N) is 1. The molecule has 100 valence electrons. The van der Waals surface area contributed by atoms with E-state index < -0.39 is 0 Å². The second kappa shape index (κ2) is 5.33. The van der Waals surface area contributed by atoms with Crippen LogP contribution >= 0.6 is 12.4 Å². The fourth-order valence-corrected chi connectivity index (χ4v) is 1.65.